The Morgan fingerprint density at radius 3 is 2.44 bits per heavy atom. The normalized spacial score (nSPS) is 21.0. The largest absolute Gasteiger partial charge is 0.480 e. The molecule has 0 radical (unpaired) electrons. The zero-order chi connectivity index (χ0) is 36.4. The first-order chi connectivity index (χ1) is 25.2. The first-order valence-corrected chi connectivity index (χ1v) is 18.4. The SMILES string of the molecule is O=C(COc1c(-c2csc(N3CC4CCC(C3)O4)n2)ccc(F)c1F)NCCCCCCNc1ccc2c(c1)C(=O)N(C1CCC(=O)NC1=O)C2=O. The predicted octanol–water partition coefficient (Wildman–Crippen LogP) is 4.02. The summed E-state index contributed by atoms with van der Waals surface area (Å²) in [6, 6.07) is 6.28. The summed E-state index contributed by atoms with van der Waals surface area (Å²) >= 11 is 1.41. The molecule has 5 heterocycles. The maximum atomic E-state index is 14.9. The van der Waals surface area contributed by atoms with Crippen molar-refractivity contribution in [2.45, 2.75) is 69.6 Å². The number of morpholine rings is 1. The number of carbonyl (C=O) groups excluding carboxylic acids is 5. The molecule has 3 atom stereocenters. The molecule has 7 rings (SSSR count). The number of benzene rings is 2. The predicted molar refractivity (Wildman–Crippen MR) is 186 cm³/mol. The molecule has 3 N–H and O–H groups in total. The molecule has 3 fully saturated rings. The molecule has 52 heavy (non-hydrogen) atoms. The minimum Gasteiger partial charge on any atom is -0.480 e. The lowest BCUT2D eigenvalue weighted by molar-refractivity contribution is -0.136. The van der Waals surface area contributed by atoms with E-state index < -0.39 is 53.8 Å². The van der Waals surface area contributed by atoms with E-state index in [-0.39, 0.29) is 47.5 Å². The van der Waals surface area contributed by atoms with Gasteiger partial charge in [0.2, 0.25) is 17.6 Å². The third kappa shape index (κ3) is 7.48. The van der Waals surface area contributed by atoms with Gasteiger partial charge in [0, 0.05) is 49.2 Å². The second kappa shape index (κ2) is 15.3. The third-order valence-corrected chi connectivity index (χ3v) is 10.6. The lowest BCUT2D eigenvalue weighted by Gasteiger charge is -2.31. The van der Waals surface area contributed by atoms with Crippen molar-refractivity contribution < 1.29 is 42.2 Å². The fraction of sp³-hybridized carbons (Fsp3) is 0.444. The van der Waals surface area contributed by atoms with E-state index in [1.165, 1.54) is 17.4 Å². The fourth-order valence-electron chi connectivity index (χ4n) is 7.01. The monoisotopic (exact) mass is 736 g/mol. The van der Waals surface area contributed by atoms with Crippen LogP contribution in [0.2, 0.25) is 0 Å². The van der Waals surface area contributed by atoms with E-state index in [4.69, 9.17) is 9.47 Å². The van der Waals surface area contributed by atoms with E-state index in [1.54, 1.807) is 23.6 Å². The molecule has 13 nitrogen and oxygen atoms in total. The number of rotatable bonds is 14. The van der Waals surface area contributed by atoms with E-state index in [1.807, 2.05) is 0 Å². The molecule has 4 aliphatic rings. The number of halogens is 2. The van der Waals surface area contributed by atoms with Crippen molar-refractivity contribution in [1.82, 2.24) is 20.5 Å². The van der Waals surface area contributed by atoms with Crippen LogP contribution in [0, 0.1) is 11.6 Å². The minimum atomic E-state index is -1.17. The maximum Gasteiger partial charge on any atom is 0.262 e. The number of thiazole rings is 1. The molecule has 4 aliphatic heterocycles. The smallest absolute Gasteiger partial charge is 0.262 e. The summed E-state index contributed by atoms with van der Waals surface area (Å²) in [7, 11) is 0. The van der Waals surface area contributed by atoms with Gasteiger partial charge < -0.3 is 25.0 Å². The highest BCUT2D eigenvalue weighted by molar-refractivity contribution is 7.14. The Bertz CT molecular complexity index is 1890. The number of fused-ring (bicyclic) bond motifs is 3. The molecule has 5 amide bonds. The highest BCUT2D eigenvalue weighted by Gasteiger charge is 2.44. The number of nitrogens with one attached hydrogen (secondary N) is 3. The van der Waals surface area contributed by atoms with Gasteiger partial charge in [0.05, 0.1) is 29.0 Å². The van der Waals surface area contributed by atoms with Crippen LogP contribution >= 0.6 is 11.3 Å². The quantitative estimate of drug-likeness (QED) is 0.163. The van der Waals surface area contributed by atoms with E-state index >= 15 is 0 Å². The molecule has 0 saturated carbocycles. The number of nitrogens with zero attached hydrogens (tertiary/aromatic N) is 3. The zero-order valence-electron chi connectivity index (χ0n) is 28.3. The van der Waals surface area contributed by atoms with Crippen molar-refractivity contribution in [3.63, 3.8) is 0 Å². The number of piperidine rings is 1. The number of hydrogen-bond donors (Lipinski definition) is 3. The van der Waals surface area contributed by atoms with Gasteiger partial charge in [-0.25, -0.2) is 9.37 Å². The topological polar surface area (TPSA) is 159 Å². The minimum absolute atomic E-state index is 0.0575. The molecule has 274 valence electrons. The van der Waals surface area contributed by atoms with Crippen LogP contribution in [-0.4, -0.2) is 90.5 Å². The number of carbonyl (C=O) groups is 5. The fourth-order valence-corrected chi connectivity index (χ4v) is 7.86. The van der Waals surface area contributed by atoms with Gasteiger partial charge in [0.1, 0.15) is 6.04 Å². The van der Waals surface area contributed by atoms with Gasteiger partial charge in [-0.1, -0.05) is 12.8 Å². The first-order valence-electron chi connectivity index (χ1n) is 17.5. The van der Waals surface area contributed by atoms with Crippen molar-refractivity contribution in [1.29, 1.82) is 0 Å². The number of hydrogen-bond acceptors (Lipinski definition) is 11. The van der Waals surface area contributed by atoms with Crippen molar-refractivity contribution in [3.05, 3.63) is 58.5 Å². The molecule has 3 aromatic rings. The average Bonchev–Trinajstić information content (AvgIpc) is 3.82. The summed E-state index contributed by atoms with van der Waals surface area (Å²) in [4.78, 5) is 70.0. The van der Waals surface area contributed by atoms with Crippen molar-refractivity contribution in [2.24, 2.45) is 0 Å². The van der Waals surface area contributed by atoms with Crippen LogP contribution in [-0.2, 0) is 19.1 Å². The van der Waals surface area contributed by atoms with Crippen LogP contribution < -0.4 is 25.6 Å². The van der Waals surface area contributed by atoms with E-state index in [0.717, 1.165) is 61.3 Å². The van der Waals surface area contributed by atoms with Crippen LogP contribution in [0.5, 0.6) is 5.75 Å². The Labute approximate surface area is 302 Å². The summed E-state index contributed by atoms with van der Waals surface area (Å²) in [5, 5.41) is 10.7. The molecule has 3 saturated heterocycles. The standard InChI is InChI=1S/C36H38F2N6O7S/c37-26-10-9-24(27-19-52-36(41-27)43-16-21-6-7-22(17-43)51-21)32(31(26)38)50-18-30(46)40-14-4-2-1-3-13-39-20-5-8-23-25(15-20)35(49)44(34(23)48)28-11-12-29(45)42-33(28)47/h5,8-10,15,19,21-22,28,39H,1-4,6-7,11-14,16-18H2,(H,40,46)(H,42,45,47). The third-order valence-electron chi connectivity index (χ3n) is 9.67. The molecule has 0 spiro atoms. The number of anilines is 2. The molecule has 2 aromatic carbocycles. The van der Waals surface area contributed by atoms with Gasteiger partial charge in [0.15, 0.2) is 23.3 Å². The number of aromatic nitrogens is 1. The lowest BCUT2D eigenvalue weighted by Crippen LogP contribution is -2.54. The second-order valence-corrected chi connectivity index (χ2v) is 14.1. The Kier molecular flexibility index (Phi) is 10.5. The average molecular weight is 737 g/mol. The van der Waals surface area contributed by atoms with Crippen LogP contribution in [0.4, 0.5) is 19.6 Å². The summed E-state index contributed by atoms with van der Waals surface area (Å²) < 4.78 is 40.5. The maximum absolute atomic E-state index is 14.9. The molecule has 16 heteroatoms. The molecular formula is C36H38F2N6O7S. The van der Waals surface area contributed by atoms with E-state index in [0.29, 0.717) is 30.9 Å². The molecule has 3 unspecified atom stereocenters. The van der Waals surface area contributed by atoms with Crippen LogP contribution in [0.25, 0.3) is 11.3 Å². The van der Waals surface area contributed by atoms with Crippen molar-refractivity contribution in [2.75, 3.05) is 43.0 Å². The second-order valence-electron chi connectivity index (χ2n) is 13.3. The molecular weight excluding hydrogens is 698 g/mol. The van der Waals surface area contributed by atoms with Gasteiger partial charge in [0.25, 0.3) is 17.7 Å². The highest BCUT2D eigenvalue weighted by Crippen LogP contribution is 2.38. The number of unbranched alkanes of at least 4 members (excludes halogenated alkanes) is 3. The number of ether oxygens (including phenoxy) is 2. The van der Waals surface area contributed by atoms with Gasteiger partial charge >= 0.3 is 0 Å². The van der Waals surface area contributed by atoms with Crippen LogP contribution in [0.1, 0.15) is 72.1 Å². The Morgan fingerprint density at radius 2 is 1.67 bits per heavy atom. The molecule has 0 aliphatic carbocycles. The summed E-state index contributed by atoms with van der Waals surface area (Å²) in [5.74, 6) is -5.25. The summed E-state index contributed by atoms with van der Waals surface area (Å²) in [6.45, 7) is 1.98. The highest BCUT2D eigenvalue weighted by atomic mass is 32.1. The molecule has 1 aromatic heterocycles. The van der Waals surface area contributed by atoms with Crippen LogP contribution in [0.15, 0.2) is 35.7 Å². The number of imide groups is 2. The Morgan fingerprint density at radius 1 is 0.942 bits per heavy atom. The summed E-state index contributed by atoms with van der Waals surface area (Å²) in [6.07, 6.45) is 5.72. The van der Waals surface area contributed by atoms with Gasteiger partial charge in [-0.05, 0) is 62.4 Å². The number of amides is 5. The van der Waals surface area contributed by atoms with Gasteiger partial charge in [-0.2, -0.15) is 4.39 Å². The Hall–Kier alpha value is -4.96. The van der Waals surface area contributed by atoms with Gasteiger partial charge in [-0.15, -0.1) is 11.3 Å². The summed E-state index contributed by atoms with van der Waals surface area (Å²) in [5.41, 5.74) is 1.81. The van der Waals surface area contributed by atoms with E-state index in [2.05, 4.69) is 25.8 Å². The Balaban J connectivity index is 0.819. The van der Waals surface area contributed by atoms with E-state index in [9.17, 15) is 32.8 Å². The van der Waals surface area contributed by atoms with Gasteiger partial charge in [-0.3, -0.25) is 34.2 Å². The van der Waals surface area contributed by atoms with Crippen molar-refractivity contribution >= 4 is 51.7 Å². The van der Waals surface area contributed by atoms with Crippen molar-refractivity contribution in [3.8, 4) is 17.0 Å². The molecule has 2 bridgehead atoms. The first kappa shape index (κ1) is 35.4. The van der Waals surface area contributed by atoms with Crippen LogP contribution in [0.3, 0.4) is 0 Å². The zero-order valence-corrected chi connectivity index (χ0v) is 29.1. The lowest BCUT2D eigenvalue weighted by atomic mass is 10.0.